The number of hydrogen-bond donors (Lipinski definition) is 0. The zero-order chi connectivity index (χ0) is 15.3. The maximum atomic E-state index is 5.01. The zero-order valence-electron chi connectivity index (χ0n) is 12.9. The van der Waals surface area contributed by atoms with Gasteiger partial charge in [0.1, 0.15) is 0 Å². The Labute approximate surface area is 135 Å². The molecule has 0 saturated heterocycles. The summed E-state index contributed by atoms with van der Waals surface area (Å²) in [6.07, 6.45) is 5.66. The molecule has 2 heteroatoms. The molecule has 0 radical (unpaired) electrons. The molecule has 0 aromatic heterocycles. The summed E-state index contributed by atoms with van der Waals surface area (Å²) in [5, 5.41) is 3.00. The van der Waals surface area contributed by atoms with E-state index in [0.29, 0.717) is 0 Å². The maximum Gasteiger partial charge on any atom is -0.0000330 e. The summed E-state index contributed by atoms with van der Waals surface area (Å²) < 4.78 is 0. The molecule has 0 aliphatic carbocycles. The van der Waals surface area contributed by atoms with Gasteiger partial charge in [-0.05, 0) is 43.6 Å². The van der Waals surface area contributed by atoms with Crippen LogP contribution in [0.15, 0.2) is 72.3 Å². The number of benzene rings is 2. The van der Waals surface area contributed by atoms with E-state index in [1.165, 1.54) is 35.1 Å². The van der Waals surface area contributed by atoms with Gasteiger partial charge in [0.2, 0.25) is 0 Å². The van der Waals surface area contributed by atoms with Gasteiger partial charge >= 0.3 is 0 Å². The van der Waals surface area contributed by atoms with Gasteiger partial charge in [-0.15, -0.1) is 0 Å². The first-order chi connectivity index (χ1) is 10.3. The maximum absolute atomic E-state index is 5.01. The molecule has 21 heavy (non-hydrogen) atoms. The van der Waals surface area contributed by atoms with E-state index < -0.39 is 0 Å². The number of unbranched alkanes of at least 4 members (excludes halogenated alkanes) is 1. The van der Waals surface area contributed by atoms with E-state index in [-0.39, 0.29) is 7.92 Å². The fourth-order valence-corrected chi connectivity index (χ4v) is 4.45. The van der Waals surface area contributed by atoms with E-state index in [0.717, 1.165) is 0 Å². The molecular formula is C19H24ClP. The monoisotopic (exact) mass is 318 g/mol. The molecule has 0 bridgehead atoms. The van der Waals surface area contributed by atoms with Gasteiger partial charge in [-0.1, -0.05) is 91.7 Å². The smallest absolute Gasteiger partial charge is 0.0000330 e. The summed E-state index contributed by atoms with van der Waals surface area (Å²) in [6.45, 7) is 4.14. The highest BCUT2D eigenvalue weighted by Crippen LogP contribution is 2.34. The minimum absolute atomic E-state index is 0.157. The predicted molar refractivity (Wildman–Crippen MR) is 99.5 cm³/mol. The van der Waals surface area contributed by atoms with Crippen molar-refractivity contribution in [3.8, 4) is 0 Å². The highest BCUT2D eigenvalue weighted by Gasteiger charge is 2.11. The van der Waals surface area contributed by atoms with E-state index in [4.69, 9.17) is 11.6 Å². The second-order valence-electron chi connectivity index (χ2n) is 4.64. The Morgan fingerprint density at radius 1 is 0.905 bits per heavy atom. The van der Waals surface area contributed by atoms with Crippen LogP contribution in [0.1, 0.15) is 26.7 Å². The van der Waals surface area contributed by atoms with E-state index in [9.17, 15) is 0 Å². The number of rotatable bonds is 5. The Balaban J connectivity index is 0.000000491. The Hall–Kier alpha value is -1.10. The van der Waals surface area contributed by atoms with Crippen molar-refractivity contribution in [1.82, 2.24) is 0 Å². The predicted octanol–water partition coefficient (Wildman–Crippen LogP) is 5.68. The van der Waals surface area contributed by atoms with Crippen LogP contribution in [-0.2, 0) is 0 Å². The van der Waals surface area contributed by atoms with E-state index in [1.807, 2.05) is 6.92 Å². The van der Waals surface area contributed by atoms with E-state index in [2.05, 4.69) is 67.6 Å². The summed E-state index contributed by atoms with van der Waals surface area (Å²) in [6, 6.07) is 21.9. The first-order valence-corrected chi connectivity index (χ1v) is 9.38. The summed E-state index contributed by atoms with van der Waals surface area (Å²) in [5.74, 6) is 0. The van der Waals surface area contributed by atoms with Crippen molar-refractivity contribution in [1.29, 1.82) is 0 Å². The second kappa shape index (κ2) is 11.5. The fourth-order valence-electron chi connectivity index (χ4n) is 1.94. The van der Waals surface area contributed by atoms with Crippen molar-refractivity contribution < 1.29 is 0 Å². The third-order valence-electron chi connectivity index (χ3n) is 3.00. The summed E-state index contributed by atoms with van der Waals surface area (Å²) in [5.41, 5.74) is 1.47. The molecule has 2 aromatic carbocycles. The quantitative estimate of drug-likeness (QED) is 0.622. The lowest BCUT2D eigenvalue weighted by atomic mass is 10.4. The van der Waals surface area contributed by atoms with Gasteiger partial charge in [0.05, 0.1) is 0 Å². The van der Waals surface area contributed by atoms with Crippen LogP contribution < -0.4 is 10.6 Å². The van der Waals surface area contributed by atoms with Crippen LogP contribution in [0, 0.1) is 0 Å². The van der Waals surface area contributed by atoms with Crippen molar-refractivity contribution in [2.24, 2.45) is 0 Å². The lowest BCUT2D eigenvalue weighted by molar-refractivity contribution is 0.894. The molecule has 0 unspecified atom stereocenters. The molecule has 0 aliphatic rings. The first kappa shape index (κ1) is 18.0. The van der Waals surface area contributed by atoms with Crippen LogP contribution in [0.2, 0.25) is 0 Å². The van der Waals surface area contributed by atoms with Gasteiger partial charge in [-0.3, -0.25) is 0 Å². The highest BCUT2D eigenvalue weighted by molar-refractivity contribution is 7.73. The van der Waals surface area contributed by atoms with Crippen LogP contribution in [-0.4, -0.2) is 6.16 Å². The molecule has 0 saturated carbocycles. The molecule has 0 aliphatic heterocycles. The lowest BCUT2D eigenvalue weighted by Gasteiger charge is -2.18. The largest absolute Gasteiger partial charge is 0.0933 e. The molecule has 112 valence electrons. The summed E-state index contributed by atoms with van der Waals surface area (Å²) >= 11 is 5.01. The first-order valence-electron chi connectivity index (χ1n) is 7.42. The van der Waals surface area contributed by atoms with E-state index in [1.54, 1.807) is 6.08 Å². The Kier molecular flexibility index (Phi) is 9.87. The second-order valence-corrected chi connectivity index (χ2v) is 7.22. The normalized spacial score (nSPS) is 10.5. The summed E-state index contributed by atoms with van der Waals surface area (Å²) in [4.78, 5) is 0. The van der Waals surface area contributed by atoms with Gasteiger partial charge in [-0.2, -0.15) is 0 Å². The SMILES string of the molecule is CC=CCl.CCCCP(c1ccccc1)c1ccccc1. The van der Waals surface area contributed by atoms with Gasteiger partial charge < -0.3 is 0 Å². The van der Waals surface area contributed by atoms with Gasteiger partial charge in [0.15, 0.2) is 0 Å². The molecule has 2 aromatic rings. The van der Waals surface area contributed by atoms with Crippen molar-refractivity contribution in [2.75, 3.05) is 6.16 Å². The molecule has 0 amide bonds. The lowest BCUT2D eigenvalue weighted by Crippen LogP contribution is -2.13. The van der Waals surface area contributed by atoms with Crippen LogP contribution >= 0.6 is 19.5 Å². The van der Waals surface area contributed by atoms with Crippen molar-refractivity contribution in [3.63, 3.8) is 0 Å². The average molecular weight is 319 g/mol. The molecule has 0 N–H and O–H groups in total. The van der Waals surface area contributed by atoms with Crippen molar-refractivity contribution in [3.05, 3.63) is 72.3 Å². The topological polar surface area (TPSA) is 0 Å². The molecule has 0 atom stereocenters. The Bertz CT molecular complexity index is 450. The van der Waals surface area contributed by atoms with Crippen LogP contribution in [0.3, 0.4) is 0 Å². The molecule has 0 nitrogen and oxygen atoms in total. The number of hydrogen-bond acceptors (Lipinski definition) is 0. The minimum atomic E-state index is -0.157. The van der Waals surface area contributed by atoms with E-state index >= 15 is 0 Å². The van der Waals surface area contributed by atoms with Crippen LogP contribution in [0.5, 0.6) is 0 Å². The minimum Gasteiger partial charge on any atom is -0.0933 e. The zero-order valence-corrected chi connectivity index (χ0v) is 14.5. The van der Waals surface area contributed by atoms with Gasteiger partial charge in [0, 0.05) is 0 Å². The third-order valence-corrected chi connectivity index (χ3v) is 5.86. The van der Waals surface area contributed by atoms with Crippen molar-refractivity contribution >= 4 is 30.1 Å². The Morgan fingerprint density at radius 3 is 1.67 bits per heavy atom. The fraction of sp³-hybridized carbons (Fsp3) is 0.263. The van der Waals surface area contributed by atoms with Gasteiger partial charge in [-0.25, -0.2) is 0 Å². The molecule has 0 fully saturated rings. The molecule has 0 spiro atoms. The highest BCUT2D eigenvalue weighted by atomic mass is 35.5. The van der Waals surface area contributed by atoms with Gasteiger partial charge in [0.25, 0.3) is 0 Å². The van der Waals surface area contributed by atoms with Crippen LogP contribution in [0.25, 0.3) is 0 Å². The standard InChI is InChI=1S/C16H19P.C3H5Cl/c1-2-3-14-17(15-10-6-4-7-11-15)16-12-8-5-9-13-16;1-2-3-4/h4-13H,2-3,14H2,1H3;2-3H,1H3. The third kappa shape index (κ3) is 6.93. The molecule has 2 rings (SSSR count). The number of halogens is 1. The number of allylic oxidation sites excluding steroid dienone is 1. The molecule has 0 heterocycles. The average Bonchev–Trinajstić information content (AvgIpc) is 2.57. The van der Waals surface area contributed by atoms with Crippen molar-refractivity contribution in [2.45, 2.75) is 26.7 Å². The Morgan fingerprint density at radius 2 is 1.33 bits per heavy atom. The van der Waals surface area contributed by atoms with Crippen LogP contribution in [0.4, 0.5) is 0 Å². The summed E-state index contributed by atoms with van der Waals surface area (Å²) in [7, 11) is -0.157. The molecular weight excluding hydrogens is 295 g/mol.